The van der Waals surface area contributed by atoms with Crippen molar-refractivity contribution in [3.05, 3.63) is 12.7 Å². The highest BCUT2D eigenvalue weighted by Gasteiger charge is 2.38. The highest BCUT2D eigenvalue weighted by Crippen LogP contribution is 2.35. The zero-order valence-electron chi connectivity index (χ0n) is 12.3. The predicted molar refractivity (Wildman–Crippen MR) is 79.0 cm³/mol. The largest absolute Gasteiger partial charge is 0.377 e. The van der Waals surface area contributed by atoms with Crippen LogP contribution in [0.25, 0.3) is 0 Å². The molecule has 0 radical (unpaired) electrons. The van der Waals surface area contributed by atoms with Gasteiger partial charge in [0, 0.05) is 13.2 Å². The first-order chi connectivity index (χ1) is 8.79. The van der Waals surface area contributed by atoms with Gasteiger partial charge < -0.3 is 10.1 Å². The first-order valence-electron chi connectivity index (χ1n) is 7.62. The molecule has 1 aliphatic rings. The second-order valence-electron chi connectivity index (χ2n) is 5.60. The van der Waals surface area contributed by atoms with Crippen molar-refractivity contribution in [1.82, 2.24) is 5.32 Å². The molecule has 0 amide bonds. The van der Waals surface area contributed by atoms with E-state index < -0.39 is 0 Å². The van der Waals surface area contributed by atoms with Crippen LogP contribution >= 0.6 is 0 Å². The Morgan fingerprint density at radius 3 is 2.50 bits per heavy atom. The molecule has 0 aromatic rings. The first kappa shape index (κ1) is 15.7. The van der Waals surface area contributed by atoms with Crippen LogP contribution in [0.4, 0.5) is 0 Å². The molecule has 0 saturated heterocycles. The van der Waals surface area contributed by atoms with Crippen molar-refractivity contribution >= 4 is 0 Å². The summed E-state index contributed by atoms with van der Waals surface area (Å²) in [7, 11) is 3.98. The average Bonchev–Trinajstić information content (AvgIpc) is 2.43. The first-order valence-corrected chi connectivity index (χ1v) is 7.62. The lowest BCUT2D eigenvalue weighted by Crippen LogP contribution is -2.52. The van der Waals surface area contributed by atoms with Crippen molar-refractivity contribution < 1.29 is 4.74 Å². The van der Waals surface area contributed by atoms with Gasteiger partial charge in [0.1, 0.15) is 0 Å². The van der Waals surface area contributed by atoms with Crippen molar-refractivity contribution in [2.75, 3.05) is 14.2 Å². The van der Waals surface area contributed by atoms with Crippen LogP contribution in [-0.4, -0.2) is 25.8 Å². The quantitative estimate of drug-likeness (QED) is 0.494. The van der Waals surface area contributed by atoms with E-state index in [1.165, 1.54) is 57.8 Å². The topological polar surface area (TPSA) is 21.3 Å². The zero-order chi connectivity index (χ0) is 13.3. The third-order valence-electron chi connectivity index (χ3n) is 4.49. The molecule has 106 valence electrons. The second-order valence-corrected chi connectivity index (χ2v) is 5.60. The summed E-state index contributed by atoms with van der Waals surface area (Å²) < 4.78 is 5.93. The molecule has 2 nitrogen and oxygen atoms in total. The van der Waals surface area contributed by atoms with Crippen molar-refractivity contribution in [2.24, 2.45) is 0 Å². The molecule has 1 N–H and O–H groups in total. The van der Waals surface area contributed by atoms with E-state index in [4.69, 9.17) is 4.74 Å². The highest BCUT2D eigenvalue weighted by molar-refractivity contribution is 4.94. The second kappa shape index (κ2) is 8.71. The van der Waals surface area contributed by atoms with E-state index in [9.17, 15) is 0 Å². The van der Waals surface area contributed by atoms with Crippen LogP contribution < -0.4 is 5.32 Å². The van der Waals surface area contributed by atoms with E-state index >= 15 is 0 Å². The Bertz CT molecular complexity index is 221. The van der Waals surface area contributed by atoms with Crippen LogP contribution in [0.5, 0.6) is 0 Å². The van der Waals surface area contributed by atoms with E-state index in [2.05, 4.69) is 18.9 Å². The normalized spacial score (nSPS) is 20.6. The smallest absolute Gasteiger partial charge is 0.0830 e. The van der Waals surface area contributed by atoms with Gasteiger partial charge in [0.2, 0.25) is 0 Å². The summed E-state index contributed by atoms with van der Waals surface area (Å²) in [5.41, 5.74) is 0.103. The number of hydrogen-bond acceptors (Lipinski definition) is 2. The number of rotatable bonds is 9. The van der Waals surface area contributed by atoms with Crippen molar-refractivity contribution in [2.45, 2.75) is 75.9 Å². The van der Waals surface area contributed by atoms with Crippen LogP contribution in [0.2, 0.25) is 0 Å². The molecule has 0 bridgehead atoms. The van der Waals surface area contributed by atoms with Crippen LogP contribution in [-0.2, 0) is 4.74 Å². The molecular formula is C16H31NO. The predicted octanol–water partition coefficient (Wildman–Crippen LogP) is 4.06. The van der Waals surface area contributed by atoms with Gasteiger partial charge in [0.05, 0.1) is 5.60 Å². The van der Waals surface area contributed by atoms with Gasteiger partial charge in [-0.05, 0) is 39.2 Å². The molecule has 2 heteroatoms. The third-order valence-corrected chi connectivity index (χ3v) is 4.49. The van der Waals surface area contributed by atoms with E-state index in [1.54, 1.807) is 0 Å². The molecule has 0 aromatic carbocycles. The van der Waals surface area contributed by atoms with Gasteiger partial charge in [-0.1, -0.05) is 38.2 Å². The monoisotopic (exact) mass is 253 g/mol. The fourth-order valence-electron chi connectivity index (χ4n) is 3.33. The van der Waals surface area contributed by atoms with Crippen LogP contribution in [0, 0.1) is 0 Å². The van der Waals surface area contributed by atoms with Gasteiger partial charge in [0.15, 0.2) is 0 Å². The fourth-order valence-corrected chi connectivity index (χ4v) is 3.33. The van der Waals surface area contributed by atoms with Crippen LogP contribution in [0.15, 0.2) is 12.7 Å². The van der Waals surface area contributed by atoms with Crippen molar-refractivity contribution in [1.29, 1.82) is 0 Å². The molecule has 1 rings (SSSR count). The highest BCUT2D eigenvalue weighted by atomic mass is 16.5. The SMILES string of the molecule is C=CCCCCCC(NC)C1(OC)CCCCC1. The maximum absolute atomic E-state index is 5.93. The summed E-state index contributed by atoms with van der Waals surface area (Å²) in [6, 6.07) is 0.520. The molecule has 0 aliphatic heterocycles. The van der Waals surface area contributed by atoms with Gasteiger partial charge in [-0.3, -0.25) is 0 Å². The summed E-state index contributed by atoms with van der Waals surface area (Å²) in [5.74, 6) is 0. The van der Waals surface area contributed by atoms with Crippen molar-refractivity contribution in [3.8, 4) is 0 Å². The van der Waals surface area contributed by atoms with E-state index in [-0.39, 0.29) is 5.60 Å². The Kier molecular flexibility index (Phi) is 7.60. The molecular weight excluding hydrogens is 222 g/mol. The van der Waals surface area contributed by atoms with Crippen molar-refractivity contribution in [3.63, 3.8) is 0 Å². The maximum Gasteiger partial charge on any atom is 0.0830 e. The Morgan fingerprint density at radius 2 is 1.94 bits per heavy atom. The average molecular weight is 253 g/mol. The maximum atomic E-state index is 5.93. The van der Waals surface area contributed by atoms with Gasteiger partial charge in [-0.15, -0.1) is 6.58 Å². The number of nitrogens with one attached hydrogen (secondary N) is 1. The summed E-state index contributed by atoms with van der Waals surface area (Å²) in [6.45, 7) is 3.77. The van der Waals surface area contributed by atoms with E-state index in [0.29, 0.717) is 6.04 Å². The fraction of sp³-hybridized carbons (Fsp3) is 0.875. The summed E-state index contributed by atoms with van der Waals surface area (Å²) in [4.78, 5) is 0. The Labute approximate surface area is 113 Å². The molecule has 1 unspecified atom stereocenters. The van der Waals surface area contributed by atoms with Gasteiger partial charge in [-0.25, -0.2) is 0 Å². The van der Waals surface area contributed by atoms with Gasteiger partial charge >= 0.3 is 0 Å². The molecule has 0 heterocycles. The van der Waals surface area contributed by atoms with E-state index in [0.717, 1.165) is 6.42 Å². The molecule has 1 fully saturated rings. The van der Waals surface area contributed by atoms with Crippen LogP contribution in [0.3, 0.4) is 0 Å². The number of unbranched alkanes of at least 4 members (excludes halogenated alkanes) is 3. The lowest BCUT2D eigenvalue weighted by molar-refractivity contribution is -0.0681. The summed E-state index contributed by atoms with van der Waals surface area (Å²) >= 11 is 0. The number of ether oxygens (including phenoxy) is 1. The minimum absolute atomic E-state index is 0.103. The third kappa shape index (κ3) is 4.40. The number of methoxy groups -OCH3 is 1. The molecule has 1 saturated carbocycles. The van der Waals surface area contributed by atoms with E-state index in [1.807, 2.05) is 13.2 Å². The Hall–Kier alpha value is -0.340. The molecule has 18 heavy (non-hydrogen) atoms. The minimum atomic E-state index is 0.103. The van der Waals surface area contributed by atoms with Gasteiger partial charge in [0.25, 0.3) is 0 Å². The molecule has 0 spiro atoms. The lowest BCUT2D eigenvalue weighted by Gasteiger charge is -2.42. The lowest BCUT2D eigenvalue weighted by atomic mass is 9.77. The van der Waals surface area contributed by atoms with Gasteiger partial charge in [-0.2, -0.15) is 0 Å². The number of hydrogen-bond donors (Lipinski definition) is 1. The summed E-state index contributed by atoms with van der Waals surface area (Å²) in [5, 5.41) is 3.51. The number of likely N-dealkylation sites (N-methyl/N-ethyl adjacent to an activating group) is 1. The molecule has 0 aromatic heterocycles. The molecule has 1 aliphatic carbocycles. The standard InChI is InChI=1S/C16H31NO/c1-4-5-6-7-9-12-15(17-2)16(18-3)13-10-8-11-14-16/h4,15,17H,1,5-14H2,2-3H3. The number of allylic oxidation sites excluding steroid dienone is 1. The Morgan fingerprint density at radius 1 is 1.22 bits per heavy atom. The molecule has 1 atom stereocenters. The zero-order valence-corrected chi connectivity index (χ0v) is 12.3. The summed E-state index contributed by atoms with van der Waals surface area (Å²) in [6.07, 6.45) is 14.8. The van der Waals surface area contributed by atoms with Crippen LogP contribution in [0.1, 0.15) is 64.2 Å². The Balaban J connectivity index is 2.39. The minimum Gasteiger partial charge on any atom is -0.377 e.